The van der Waals surface area contributed by atoms with Crippen LogP contribution < -0.4 is 104 Å². The summed E-state index contributed by atoms with van der Waals surface area (Å²) in [5.41, 5.74) is -2.42. The van der Waals surface area contributed by atoms with E-state index in [2.05, 4.69) is 0 Å². The van der Waals surface area contributed by atoms with Crippen LogP contribution in [-0.2, 0) is 14.4 Å². The molecule has 9 heteroatoms. The maximum absolute atomic E-state index is 10.7. The minimum Gasteiger partial charge on any atom is -0.550 e. The topological polar surface area (TPSA) is 120 Å². The first-order valence-electron chi connectivity index (χ1n) is 4.06. The molecule has 1 rings (SSSR count). The van der Waals surface area contributed by atoms with E-state index < -0.39 is 29.2 Å². The number of hydrogen-bond donors (Lipinski definition) is 0. The molecule has 17 heavy (non-hydrogen) atoms. The van der Waals surface area contributed by atoms with Crippen molar-refractivity contribution in [3.63, 3.8) is 0 Å². The van der Waals surface area contributed by atoms with Crippen LogP contribution >= 0.6 is 0 Å². The van der Waals surface area contributed by atoms with Crippen molar-refractivity contribution in [2.75, 3.05) is 0 Å². The van der Waals surface area contributed by atoms with Crippen LogP contribution in [0, 0.1) is 11.3 Å². The van der Waals surface area contributed by atoms with Gasteiger partial charge >= 0.3 is 88.7 Å². The molecule has 0 aromatic heterocycles. The Morgan fingerprint density at radius 2 is 1.35 bits per heavy atom. The van der Waals surface area contributed by atoms with E-state index in [0.717, 1.165) is 0 Å². The first-order chi connectivity index (χ1) is 6.43. The molecule has 0 aromatic carbocycles. The first-order valence-corrected chi connectivity index (χ1v) is 4.06. The molecule has 0 aliphatic heterocycles. The third kappa shape index (κ3) is 4.47. The molecule has 1 aliphatic rings. The van der Waals surface area contributed by atoms with Gasteiger partial charge in [-0.1, -0.05) is 6.42 Å². The molecule has 0 N–H and O–H groups in total. The molecule has 1 fully saturated rings. The molecule has 0 saturated heterocycles. The molecule has 0 heterocycles. The van der Waals surface area contributed by atoms with E-state index in [1.54, 1.807) is 0 Å². The van der Waals surface area contributed by atoms with Crippen LogP contribution in [0.2, 0.25) is 0 Å². The standard InChI is InChI=1S/C8H10O6.3Na/c9-5(10)4-2-1-3-8(4,6(11)12)7(13)14;;;/h4H,1-3H2,(H,9,10)(H,11,12)(H,13,14);;;/q;3*+1/p-3. The van der Waals surface area contributed by atoms with Gasteiger partial charge in [0.2, 0.25) is 0 Å². The molecule has 1 atom stereocenters. The number of carbonyl (C=O) groups is 3. The molecule has 0 amide bonds. The molecule has 0 radical (unpaired) electrons. The van der Waals surface area contributed by atoms with Crippen LogP contribution in [0.15, 0.2) is 0 Å². The Morgan fingerprint density at radius 3 is 1.59 bits per heavy atom. The summed E-state index contributed by atoms with van der Waals surface area (Å²) in [7, 11) is 0. The van der Waals surface area contributed by atoms with Gasteiger partial charge in [-0.3, -0.25) is 0 Å². The Bertz CT molecular complexity index is 292. The molecular formula is C8H7Na3O6. The summed E-state index contributed by atoms with van der Waals surface area (Å²) in [4.78, 5) is 31.8. The monoisotopic (exact) mass is 268 g/mol. The van der Waals surface area contributed by atoms with Gasteiger partial charge in [0.25, 0.3) is 0 Å². The maximum Gasteiger partial charge on any atom is 1.00 e. The van der Waals surface area contributed by atoms with Crippen LogP contribution in [0.3, 0.4) is 0 Å². The molecule has 1 unspecified atom stereocenters. The van der Waals surface area contributed by atoms with Crippen molar-refractivity contribution in [3.05, 3.63) is 0 Å². The van der Waals surface area contributed by atoms with Crippen LogP contribution in [0.5, 0.6) is 0 Å². The van der Waals surface area contributed by atoms with Crippen LogP contribution in [0.1, 0.15) is 19.3 Å². The molecular weight excluding hydrogens is 261 g/mol. The molecule has 1 saturated carbocycles. The molecule has 78 valence electrons. The van der Waals surface area contributed by atoms with Crippen molar-refractivity contribution < 1.29 is 118 Å². The summed E-state index contributed by atoms with van der Waals surface area (Å²) >= 11 is 0. The van der Waals surface area contributed by atoms with Crippen LogP contribution in [0.4, 0.5) is 0 Å². The van der Waals surface area contributed by atoms with E-state index >= 15 is 0 Å². The summed E-state index contributed by atoms with van der Waals surface area (Å²) in [5.74, 6) is -7.07. The fraction of sp³-hybridized carbons (Fsp3) is 0.625. The predicted molar refractivity (Wildman–Crippen MR) is 34.8 cm³/mol. The van der Waals surface area contributed by atoms with E-state index in [1.807, 2.05) is 0 Å². The van der Waals surface area contributed by atoms with Gasteiger partial charge in [0.05, 0.1) is 17.4 Å². The van der Waals surface area contributed by atoms with Crippen molar-refractivity contribution in [1.29, 1.82) is 0 Å². The Labute approximate surface area is 164 Å². The number of rotatable bonds is 3. The largest absolute Gasteiger partial charge is 1.00 e. The van der Waals surface area contributed by atoms with Gasteiger partial charge in [-0.2, -0.15) is 0 Å². The second-order valence-corrected chi connectivity index (χ2v) is 3.31. The van der Waals surface area contributed by atoms with Gasteiger partial charge in [-0.15, -0.1) is 0 Å². The van der Waals surface area contributed by atoms with Gasteiger partial charge in [0, 0.05) is 11.9 Å². The smallest absolute Gasteiger partial charge is 0.550 e. The summed E-state index contributed by atoms with van der Waals surface area (Å²) in [6.07, 6.45) is -0.124. The van der Waals surface area contributed by atoms with Gasteiger partial charge in [-0.25, -0.2) is 0 Å². The van der Waals surface area contributed by atoms with Crippen molar-refractivity contribution in [2.24, 2.45) is 11.3 Å². The first kappa shape index (κ1) is 23.5. The third-order valence-corrected chi connectivity index (χ3v) is 2.67. The predicted octanol–water partition coefficient (Wildman–Crippen LogP) is -13.0. The minimum atomic E-state index is -2.42. The number of aliphatic carboxylic acids is 3. The zero-order chi connectivity index (χ0) is 10.9. The van der Waals surface area contributed by atoms with Gasteiger partial charge in [0.15, 0.2) is 0 Å². The maximum atomic E-state index is 10.7. The van der Waals surface area contributed by atoms with E-state index in [1.165, 1.54) is 0 Å². The summed E-state index contributed by atoms with van der Waals surface area (Å²) < 4.78 is 0. The molecule has 1 aliphatic carbocycles. The van der Waals surface area contributed by atoms with Crippen molar-refractivity contribution >= 4 is 17.9 Å². The van der Waals surface area contributed by atoms with E-state index in [4.69, 9.17) is 0 Å². The molecule has 0 spiro atoms. The number of carboxylic acid groups (broad SMARTS) is 3. The Morgan fingerprint density at radius 1 is 0.941 bits per heavy atom. The quantitative estimate of drug-likeness (QED) is 0.370. The fourth-order valence-electron chi connectivity index (χ4n) is 1.90. The second kappa shape index (κ2) is 9.34. The SMILES string of the molecule is O=C([O-])C1CCCC1(C(=O)[O-])C(=O)[O-].[Na+].[Na+].[Na+]. The minimum absolute atomic E-state index is 0. The van der Waals surface area contributed by atoms with Gasteiger partial charge < -0.3 is 29.7 Å². The number of carboxylic acids is 3. The molecule has 6 nitrogen and oxygen atoms in total. The normalized spacial score (nSPS) is 20.1. The average molecular weight is 268 g/mol. The van der Waals surface area contributed by atoms with Gasteiger partial charge in [0.1, 0.15) is 0 Å². The van der Waals surface area contributed by atoms with E-state index in [0.29, 0.717) is 0 Å². The molecule has 0 aromatic rings. The van der Waals surface area contributed by atoms with Crippen molar-refractivity contribution in [2.45, 2.75) is 19.3 Å². The zero-order valence-corrected chi connectivity index (χ0v) is 16.1. The van der Waals surface area contributed by atoms with E-state index in [-0.39, 0.29) is 108 Å². The summed E-state index contributed by atoms with van der Waals surface area (Å²) in [6, 6.07) is 0. The number of carbonyl (C=O) groups excluding carboxylic acids is 3. The van der Waals surface area contributed by atoms with Crippen molar-refractivity contribution in [3.8, 4) is 0 Å². The molecule has 0 bridgehead atoms. The van der Waals surface area contributed by atoms with Gasteiger partial charge in [-0.05, 0) is 12.8 Å². The number of hydrogen-bond acceptors (Lipinski definition) is 6. The van der Waals surface area contributed by atoms with E-state index in [9.17, 15) is 29.7 Å². The second-order valence-electron chi connectivity index (χ2n) is 3.31. The Kier molecular flexibility index (Phi) is 12.9. The summed E-state index contributed by atoms with van der Waals surface area (Å²) in [5, 5.41) is 31.8. The Hall–Kier alpha value is 1.41. The summed E-state index contributed by atoms with van der Waals surface area (Å²) in [6.45, 7) is 0. The third-order valence-electron chi connectivity index (χ3n) is 2.67. The zero-order valence-electron chi connectivity index (χ0n) is 10.1. The van der Waals surface area contributed by atoms with Crippen LogP contribution in [-0.4, -0.2) is 17.9 Å². The Balaban J connectivity index is -0.000000653. The van der Waals surface area contributed by atoms with Crippen molar-refractivity contribution in [1.82, 2.24) is 0 Å². The average Bonchev–Trinajstić information content (AvgIpc) is 2.47. The van der Waals surface area contributed by atoms with Crippen LogP contribution in [0.25, 0.3) is 0 Å². The fourth-order valence-corrected chi connectivity index (χ4v) is 1.90.